The van der Waals surface area contributed by atoms with E-state index < -0.39 is 8.07 Å². The lowest BCUT2D eigenvalue weighted by Gasteiger charge is -2.34. The summed E-state index contributed by atoms with van der Waals surface area (Å²) in [6.07, 6.45) is 11.4. The Bertz CT molecular complexity index is 3880. The van der Waals surface area contributed by atoms with E-state index in [0.717, 1.165) is 35.2 Å². The summed E-state index contributed by atoms with van der Waals surface area (Å²) in [5.74, 6) is 0.238. The number of anilines is 2. The molecular formula is C66H48N2OSi. The molecule has 0 amide bonds. The van der Waals surface area contributed by atoms with E-state index in [4.69, 9.17) is 4.42 Å². The summed E-state index contributed by atoms with van der Waals surface area (Å²) in [4.78, 5) is 2.46. The molecule has 332 valence electrons. The molecule has 0 radical (unpaired) electrons. The molecule has 9 aromatic carbocycles. The number of fused-ring (bicyclic) bond motifs is 9. The number of allylic oxidation sites excluding steroid dienone is 3. The Morgan fingerprint density at radius 2 is 1.03 bits per heavy atom. The van der Waals surface area contributed by atoms with Crippen molar-refractivity contribution in [2.75, 3.05) is 4.90 Å². The van der Waals surface area contributed by atoms with Gasteiger partial charge in [0.05, 0.1) is 11.6 Å². The Morgan fingerprint density at radius 3 is 1.70 bits per heavy atom. The standard InChI is InChI=1S/C66H48N2OSi/c1-4-15-52(16-5-1)70(53-17-6-2-7-18-53,54-19-8-3-9-20-54)55-39-31-46(32-40-55)45-27-34-49(35-28-45)67(50-36-29-47(30-37-50)48-33-41-58-57-22-11-13-26-64(57)69-65(58)43-48)51-38-42-63-61(44-51)60-24-14-23-59-56-21-10-12-25-62(56)68(63)66(59)60/h1-32,34-41,43-44,48,63H,33,42H2. The Kier molecular flexibility index (Phi) is 9.50. The number of para-hydroxylation sites is 3. The number of aromatic nitrogens is 1. The summed E-state index contributed by atoms with van der Waals surface area (Å²) in [6, 6.07) is 85.7. The van der Waals surface area contributed by atoms with Crippen LogP contribution in [0.2, 0.25) is 0 Å². The van der Waals surface area contributed by atoms with Crippen molar-refractivity contribution in [2.24, 2.45) is 0 Å². The molecule has 0 fully saturated rings. The van der Waals surface area contributed by atoms with Gasteiger partial charge in [-0.25, -0.2) is 0 Å². The third kappa shape index (κ3) is 6.33. The van der Waals surface area contributed by atoms with Gasteiger partial charge in [0.25, 0.3) is 0 Å². The van der Waals surface area contributed by atoms with Gasteiger partial charge < -0.3 is 13.9 Å². The van der Waals surface area contributed by atoms with E-state index in [2.05, 4.69) is 258 Å². The van der Waals surface area contributed by atoms with Crippen LogP contribution in [0.4, 0.5) is 11.4 Å². The van der Waals surface area contributed by atoms with Gasteiger partial charge in [-0.05, 0) is 104 Å². The van der Waals surface area contributed by atoms with Gasteiger partial charge >= 0.3 is 0 Å². The summed E-state index contributed by atoms with van der Waals surface area (Å²) in [5, 5.41) is 10.6. The fourth-order valence-corrected chi connectivity index (χ4v) is 16.9. The zero-order chi connectivity index (χ0) is 46.2. The van der Waals surface area contributed by atoms with Crippen molar-refractivity contribution >= 4 is 90.7 Å². The summed E-state index contributed by atoms with van der Waals surface area (Å²) in [7, 11) is -2.63. The van der Waals surface area contributed by atoms with E-state index in [1.54, 1.807) is 0 Å². The molecule has 0 saturated carbocycles. The monoisotopic (exact) mass is 912 g/mol. The fourth-order valence-electron chi connectivity index (χ4n) is 12.2. The fraction of sp³-hybridized carbons (Fsp3) is 0.0606. The van der Waals surface area contributed by atoms with E-state index in [1.165, 1.54) is 86.7 Å². The van der Waals surface area contributed by atoms with E-state index in [1.807, 2.05) is 6.07 Å². The second-order valence-electron chi connectivity index (χ2n) is 19.1. The highest BCUT2D eigenvalue weighted by Gasteiger charge is 2.41. The molecule has 11 aromatic rings. The number of nitrogens with zero attached hydrogens (tertiary/aromatic N) is 2. The molecule has 2 aromatic heterocycles. The zero-order valence-electron chi connectivity index (χ0n) is 38.6. The number of benzene rings is 9. The van der Waals surface area contributed by atoms with Crippen LogP contribution in [-0.2, 0) is 0 Å². The van der Waals surface area contributed by atoms with Crippen LogP contribution in [0.15, 0.2) is 253 Å². The molecule has 0 N–H and O–H groups in total. The molecule has 0 spiro atoms. The Labute approximate surface area is 408 Å². The van der Waals surface area contributed by atoms with Crippen LogP contribution < -0.4 is 36.3 Å². The van der Waals surface area contributed by atoms with Gasteiger partial charge in [0, 0.05) is 55.4 Å². The minimum atomic E-state index is -2.63. The number of rotatable bonds is 9. The van der Waals surface area contributed by atoms with Gasteiger partial charge in [0.1, 0.15) is 11.0 Å². The van der Waals surface area contributed by atoms with E-state index in [-0.39, 0.29) is 12.0 Å². The molecule has 2 unspecified atom stereocenters. The van der Waals surface area contributed by atoms with Crippen molar-refractivity contribution < 1.29 is 4.42 Å². The summed E-state index contributed by atoms with van der Waals surface area (Å²) >= 11 is 0. The Hall–Kier alpha value is -8.44. The Balaban J connectivity index is 0.841. The predicted molar refractivity (Wildman–Crippen MR) is 295 cm³/mol. The van der Waals surface area contributed by atoms with Crippen LogP contribution in [0.25, 0.3) is 61.6 Å². The lowest BCUT2D eigenvalue weighted by atomic mass is 9.91. The molecule has 4 heteroatoms. The first kappa shape index (κ1) is 40.6. The van der Waals surface area contributed by atoms with Crippen molar-refractivity contribution in [1.29, 1.82) is 0 Å². The van der Waals surface area contributed by atoms with Crippen LogP contribution in [0, 0.1) is 0 Å². The minimum absolute atomic E-state index is 0.238. The maximum absolute atomic E-state index is 6.35. The van der Waals surface area contributed by atoms with Crippen molar-refractivity contribution in [2.45, 2.75) is 24.8 Å². The highest BCUT2D eigenvalue weighted by Crippen LogP contribution is 2.50. The molecule has 2 atom stereocenters. The first-order chi connectivity index (χ1) is 34.7. The van der Waals surface area contributed by atoms with Crippen LogP contribution in [-0.4, -0.2) is 12.6 Å². The molecule has 3 heterocycles. The second kappa shape index (κ2) is 16.4. The minimum Gasteiger partial charge on any atom is -0.456 e. The largest absolute Gasteiger partial charge is 0.456 e. The van der Waals surface area contributed by atoms with E-state index in [9.17, 15) is 0 Å². The van der Waals surface area contributed by atoms with Crippen LogP contribution >= 0.6 is 0 Å². The molecule has 3 nitrogen and oxygen atoms in total. The number of hydrogen-bond donors (Lipinski definition) is 0. The first-order valence-corrected chi connectivity index (χ1v) is 26.6. The van der Waals surface area contributed by atoms with Gasteiger partial charge in [0.15, 0.2) is 8.07 Å². The van der Waals surface area contributed by atoms with Gasteiger partial charge in [-0.15, -0.1) is 0 Å². The predicted octanol–water partition coefficient (Wildman–Crippen LogP) is 12.4. The topological polar surface area (TPSA) is 21.3 Å². The third-order valence-electron chi connectivity index (χ3n) is 15.4. The quantitative estimate of drug-likeness (QED) is 0.106. The van der Waals surface area contributed by atoms with Crippen LogP contribution in [0.1, 0.15) is 35.9 Å². The lowest BCUT2D eigenvalue weighted by Crippen LogP contribution is -2.74. The van der Waals surface area contributed by atoms with Crippen LogP contribution in [0.5, 0.6) is 0 Å². The second-order valence-corrected chi connectivity index (χ2v) is 22.9. The average Bonchev–Trinajstić information content (AvgIpc) is 4.10. The van der Waals surface area contributed by atoms with Crippen molar-refractivity contribution in [1.82, 2.24) is 4.57 Å². The molecule has 2 aliphatic carbocycles. The summed E-state index contributed by atoms with van der Waals surface area (Å²) in [5.41, 5.74) is 14.4. The highest BCUT2D eigenvalue weighted by molar-refractivity contribution is 7.19. The summed E-state index contributed by atoms with van der Waals surface area (Å²) in [6.45, 7) is 0. The maximum atomic E-state index is 6.35. The SMILES string of the molecule is C1=C2c3cccc4c5ccccc5n(c34)C2CC=C1N(c1ccc(-c2ccc([Si](c3ccccc3)(c3ccccc3)c3ccccc3)cc2)cc1)c1ccc(C2C=c3oc4ccccc4c3=CC2)cc1. The zero-order valence-corrected chi connectivity index (χ0v) is 39.6. The molecule has 0 saturated heterocycles. The summed E-state index contributed by atoms with van der Waals surface area (Å²) < 4.78 is 8.94. The van der Waals surface area contributed by atoms with Crippen LogP contribution in [0.3, 0.4) is 0 Å². The van der Waals surface area contributed by atoms with Crippen molar-refractivity contribution in [3.63, 3.8) is 0 Å². The van der Waals surface area contributed by atoms with Crippen molar-refractivity contribution in [3.8, 4) is 11.1 Å². The molecule has 3 aliphatic rings. The van der Waals surface area contributed by atoms with E-state index in [0.29, 0.717) is 0 Å². The normalized spacial score (nSPS) is 16.0. The maximum Gasteiger partial charge on any atom is 0.179 e. The molecular weight excluding hydrogens is 865 g/mol. The van der Waals surface area contributed by atoms with Gasteiger partial charge in [0.2, 0.25) is 0 Å². The number of hydrogen-bond acceptors (Lipinski definition) is 2. The molecule has 14 rings (SSSR count). The van der Waals surface area contributed by atoms with Gasteiger partial charge in [-0.3, -0.25) is 0 Å². The number of furan rings is 1. The van der Waals surface area contributed by atoms with Gasteiger partial charge in [-0.2, -0.15) is 0 Å². The molecule has 70 heavy (non-hydrogen) atoms. The lowest BCUT2D eigenvalue weighted by molar-refractivity contribution is 0.569. The first-order valence-electron chi connectivity index (χ1n) is 24.6. The van der Waals surface area contributed by atoms with Gasteiger partial charge in [-0.1, -0.05) is 206 Å². The van der Waals surface area contributed by atoms with Crippen molar-refractivity contribution in [3.05, 3.63) is 270 Å². The molecule has 0 bridgehead atoms. The Morgan fingerprint density at radius 1 is 0.471 bits per heavy atom. The highest BCUT2D eigenvalue weighted by atomic mass is 28.3. The third-order valence-corrected chi connectivity index (χ3v) is 20.2. The molecule has 1 aliphatic heterocycles. The average molecular weight is 913 g/mol. The smallest absolute Gasteiger partial charge is 0.179 e. The van der Waals surface area contributed by atoms with E-state index >= 15 is 0 Å².